The van der Waals surface area contributed by atoms with Crippen LogP contribution in [-0.4, -0.2) is 25.9 Å². The van der Waals surface area contributed by atoms with Crippen LogP contribution in [0.2, 0.25) is 0 Å². The number of hydrogen-bond acceptors (Lipinski definition) is 6. The van der Waals surface area contributed by atoms with E-state index in [1.807, 2.05) is 13.8 Å². The number of ether oxygens (including phenoxy) is 1. The van der Waals surface area contributed by atoms with Crippen molar-refractivity contribution in [3.05, 3.63) is 89.0 Å². The molecule has 0 saturated carbocycles. The number of benzene rings is 2. The lowest BCUT2D eigenvalue weighted by molar-refractivity contribution is -0.139. The fraction of sp³-hybridized carbons (Fsp3) is 0.130. The van der Waals surface area contributed by atoms with E-state index in [-0.39, 0.29) is 30.0 Å². The number of hydrogen-bond donors (Lipinski definition) is 0. The highest BCUT2D eigenvalue weighted by Gasteiger charge is 2.13. The molecule has 4 rings (SSSR count). The summed E-state index contributed by atoms with van der Waals surface area (Å²) < 4.78 is 38.1. The lowest BCUT2D eigenvalue weighted by atomic mass is 10.2. The Labute approximate surface area is 182 Å². The van der Waals surface area contributed by atoms with Crippen LogP contribution in [0.3, 0.4) is 0 Å². The van der Waals surface area contributed by atoms with Gasteiger partial charge in [0.25, 0.3) is 5.89 Å². The Kier molecular flexibility index (Phi) is 5.89. The minimum atomic E-state index is -0.591. The van der Waals surface area contributed by atoms with Gasteiger partial charge in [-0.15, -0.1) is 0 Å². The highest BCUT2D eigenvalue weighted by atomic mass is 19.1. The quantitative estimate of drug-likeness (QED) is 0.325. The van der Waals surface area contributed by atoms with E-state index in [0.717, 1.165) is 11.3 Å². The first kappa shape index (κ1) is 21.1. The van der Waals surface area contributed by atoms with E-state index in [1.54, 1.807) is 22.9 Å². The summed E-state index contributed by atoms with van der Waals surface area (Å²) in [7, 11) is 0. The van der Waals surface area contributed by atoms with Gasteiger partial charge < -0.3 is 9.26 Å². The normalized spacial score (nSPS) is 11.2. The minimum Gasteiger partial charge on any atom is -0.454 e. The van der Waals surface area contributed by atoms with Crippen molar-refractivity contribution in [3.63, 3.8) is 0 Å². The van der Waals surface area contributed by atoms with Crippen molar-refractivity contribution in [3.8, 4) is 17.1 Å². The molecule has 7 nitrogen and oxygen atoms in total. The SMILES string of the molecule is Cc1nn(-c2ccc(F)cc2)c(C)c1/C=C/C(=O)OCc1noc(-c2ccc(F)cc2)n1. The summed E-state index contributed by atoms with van der Waals surface area (Å²) >= 11 is 0. The van der Waals surface area contributed by atoms with E-state index in [9.17, 15) is 13.6 Å². The third-order valence-electron chi connectivity index (χ3n) is 4.71. The van der Waals surface area contributed by atoms with Crippen LogP contribution in [0.15, 0.2) is 59.1 Å². The molecule has 0 unspecified atom stereocenters. The molecule has 162 valence electrons. The van der Waals surface area contributed by atoms with Gasteiger partial charge in [-0.05, 0) is 68.5 Å². The summed E-state index contributed by atoms with van der Waals surface area (Å²) in [5.41, 5.74) is 3.52. The maximum absolute atomic E-state index is 13.2. The third-order valence-corrected chi connectivity index (χ3v) is 4.71. The molecule has 0 saturated heterocycles. The Hall–Kier alpha value is -4.14. The highest BCUT2D eigenvalue weighted by Crippen LogP contribution is 2.20. The van der Waals surface area contributed by atoms with Crippen molar-refractivity contribution in [1.82, 2.24) is 19.9 Å². The van der Waals surface area contributed by atoms with E-state index in [0.29, 0.717) is 16.9 Å². The number of rotatable bonds is 6. The first-order chi connectivity index (χ1) is 15.4. The summed E-state index contributed by atoms with van der Waals surface area (Å²) in [6, 6.07) is 11.6. The van der Waals surface area contributed by atoms with Crippen LogP contribution in [0.5, 0.6) is 0 Å². The fourth-order valence-corrected chi connectivity index (χ4v) is 3.09. The lowest BCUT2D eigenvalue weighted by Crippen LogP contribution is -2.02. The van der Waals surface area contributed by atoms with E-state index in [2.05, 4.69) is 15.2 Å². The Morgan fingerprint density at radius 1 is 1.06 bits per heavy atom. The van der Waals surface area contributed by atoms with Gasteiger partial charge in [-0.1, -0.05) is 5.16 Å². The van der Waals surface area contributed by atoms with Crippen molar-refractivity contribution in [2.24, 2.45) is 0 Å². The molecule has 0 spiro atoms. The average Bonchev–Trinajstić information content (AvgIpc) is 3.36. The molecule has 0 radical (unpaired) electrons. The van der Waals surface area contributed by atoms with Gasteiger partial charge in [0.15, 0.2) is 6.61 Å². The van der Waals surface area contributed by atoms with E-state index in [4.69, 9.17) is 9.26 Å². The molecule has 0 aliphatic heterocycles. The molecule has 0 atom stereocenters. The van der Waals surface area contributed by atoms with E-state index >= 15 is 0 Å². The monoisotopic (exact) mass is 436 g/mol. The molecule has 4 aromatic rings. The molecule has 2 aromatic carbocycles. The zero-order chi connectivity index (χ0) is 22.7. The zero-order valence-corrected chi connectivity index (χ0v) is 17.3. The standard InChI is InChI=1S/C23H18F2N4O3/c1-14-20(15(2)29(27-14)19-9-7-18(25)8-10-19)11-12-22(30)31-13-21-26-23(32-28-21)16-3-5-17(24)6-4-16/h3-12H,13H2,1-2H3/b12-11+. The lowest BCUT2D eigenvalue weighted by Gasteiger charge is -2.04. The summed E-state index contributed by atoms with van der Waals surface area (Å²) in [5.74, 6) is -0.910. The molecule has 0 N–H and O–H groups in total. The largest absolute Gasteiger partial charge is 0.454 e. The molecule has 0 aliphatic carbocycles. The van der Waals surface area contributed by atoms with Gasteiger partial charge in [-0.25, -0.2) is 18.3 Å². The van der Waals surface area contributed by atoms with Gasteiger partial charge >= 0.3 is 5.97 Å². The molecule has 2 aromatic heterocycles. The van der Waals surface area contributed by atoms with Crippen molar-refractivity contribution in [2.75, 3.05) is 0 Å². The highest BCUT2D eigenvalue weighted by molar-refractivity contribution is 5.87. The van der Waals surface area contributed by atoms with Crippen molar-refractivity contribution in [1.29, 1.82) is 0 Å². The molecule has 32 heavy (non-hydrogen) atoms. The number of halogens is 2. The fourth-order valence-electron chi connectivity index (χ4n) is 3.09. The number of nitrogens with zero attached hydrogens (tertiary/aromatic N) is 4. The number of esters is 1. The third kappa shape index (κ3) is 4.61. The van der Waals surface area contributed by atoms with Gasteiger partial charge in [-0.3, -0.25) is 0 Å². The smallest absolute Gasteiger partial charge is 0.331 e. The minimum absolute atomic E-state index is 0.180. The summed E-state index contributed by atoms with van der Waals surface area (Å²) in [4.78, 5) is 16.3. The maximum atomic E-state index is 13.2. The molecular formula is C23H18F2N4O3. The maximum Gasteiger partial charge on any atom is 0.331 e. The van der Waals surface area contributed by atoms with Gasteiger partial charge in [0.2, 0.25) is 5.82 Å². The molecule has 0 fully saturated rings. The first-order valence-corrected chi connectivity index (χ1v) is 9.66. The topological polar surface area (TPSA) is 83.0 Å². The second kappa shape index (κ2) is 8.93. The van der Waals surface area contributed by atoms with E-state index < -0.39 is 5.97 Å². The van der Waals surface area contributed by atoms with Crippen molar-refractivity contribution >= 4 is 12.0 Å². The van der Waals surface area contributed by atoms with Crippen LogP contribution in [0, 0.1) is 25.5 Å². The molecule has 0 bridgehead atoms. The van der Waals surface area contributed by atoms with Crippen LogP contribution in [0.1, 0.15) is 22.8 Å². The number of aryl methyl sites for hydroxylation is 1. The van der Waals surface area contributed by atoms with Gasteiger partial charge in [0, 0.05) is 22.9 Å². The molecule has 9 heteroatoms. The first-order valence-electron chi connectivity index (χ1n) is 9.66. The molecule has 0 amide bonds. The molecule has 0 aliphatic rings. The Bertz CT molecular complexity index is 1280. The summed E-state index contributed by atoms with van der Waals surface area (Å²) in [6.07, 6.45) is 2.90. The molecule has 2 heterocycles. The van der Waals surface area contributed by atoms with Crippen LogP contribution in [0.25, 0.3) is 23.2 Å². The summed E-state index contributed by atoms with van der Waals surface area (Å²) in [5, 5.41) is 8.21. The number of aromatic nitrogens is 4. The van der Waals surface area contributed by atoms with Gasteiger partial charge in [0.05, 0.1) is 11.4 Å². The van der Waals surface area contributed by atoms with Crippen molar-refractivity contribution in [2.45, 2.75) is 20.5 Å². The average molecular weight is 436 g/mol. The number of carbonyl (C=O) groups excluding carboxylic acids is 1. The second-order valence-corrected chi connectivity index (χ2v) is 6.94. The van der Waals surface area contributed by atoms with Crippen LogP contribution in [0.4, 0.5) is 8.78 Å². The summed E-state index contributed by atoms with van der Waals surface area (Å²) in [6.45, 7) is 3.49. The second-order valence-electron chi connectivity index (χ2n) is 6.94. The molecular weight excluding hydrogens is 418 g/mol. The van der Waals surface area contributed by atoms with Crippen molar-refractivity contribution < 1.29 is 22.8 Å². The Morgan fingerprint density at radius 3 is 2.41 bits per heavy atom. The van der Waals surface area contributed by atoms with Crippen LogP contribution < -0.4 is 0 Å². The van der Waals surface area contributed by atoms with Gasteiger partial charge in [0.1, 0.15) is 11.6 Å². The van der Waals surface area contributed by atoms with Crippen LogP contribution in [-0.2, 0) is 16.1 Å². The number of carbonyl (C=O) groups is 1. The Morgan fingerprint density at radius 2 is 1.72 bits per heavy atom. The van der Waals surface area contributed by atoms with Gasteiger partial charge in [-0.2, -0.15) is 10.1 Å². The predicted octanol–water partition coefficient (Wildman–Crippen LogP) is 4.57. The Balaban J connectivity index is 1.40. The van der Waals surface area contributed by atoms with Crippen LogP contribution >= 0.6 is 0 Å². The predicted molar refractivity (Wildman–Crippen MR) is 112 cm³/mol. The van der Waals surface area contributed by atoms with E-state index in [1.165, 1.54) is 42.5 Å². The zero-order valence-electron chi connectivity index (χ0n) is 17.3.